The number of carbonyl (C=O) groups excluding carboxylic acids is 1. The molecule has 3 fully saturated rings. The third-order valence-corrected chi connectivity index (χ3v) is 8.66. The number of rotatable bonds is 8. The average molecular weight is 363 g/mol. The molecule has 150 valence electrons. The first kappa shape index (κ1) is 20.2. The summed E-state index contributed by atoms with van der Waals surface area (Å²) in [6, 6.07) is 0. The Morgan fingerprint density at radius 3 is 2.23 bits per heavy atom. The average Bonchev–Trinajstić information content (AvgIpc) is 2.95. The molecule has 0 aromatic carbocycles. The highest BCUT2D eigenvalue weighted by molar-refractivity contribution is 5.82. The lowest BCUT2D eigenvalue weighted by Crippen LogP contribution is -2.45. The molecule has 2 bridgehead atoms. The Bertz CT molecular complexity index is 536. The van der Waals surface area contributed by atoms with Gasteiger partial charge in [0.2, 0.25) is 0 Å². The number of ether oxygens (including phenoxy) is 1. The fraction of sp³-hybridized carbons (Fsp3) is 0.958. The van der Waals surface area contributed by atoms with Gasteiger partial charge in [0.25, 0.3) is 0 Å². The summed E-state index contributed by atoms with van der Waals surface area (Å²) in [6.45, 7) is 15.8. The zero-order chi connectivity index (χ0) is 19.3. The SMILES string of the molecule is CCC(CC(C)C)C1(C(=O)OC(C)(CC)C2CC3CCC2C3)CC1(C)C. The molecule has 0 radical (unpaired) electrons. The molecule has 0 aliphatic heterocycles. The highest BCUT2D eigenvalue weighted by Crippen LogP contribution is 2.70. The lowest BCUT2D eigenvalue weighted by atomic mass is 9.74. The van der Waals surface area contributed by atoms with Crippen molar-refractivity contribution in [2.45, 2.75) is 105 Å². The predicted octanol–water partition coefficient (Wildman–Crippen LogP) is 6.62. The third-order valence-electron chi connectivity index (χ3n) is 8.66. The molecule has 6 unspecified atom stereocenters. The highest BCUT2D eigenvalue weighted by Gasteiger charge is 2.71. The summed E-state index contributed by atoms with van der Waals surface area (Å²) >= 11 is 0. The minimum Gasteiger partial charge on any atom is -0.459 e. The number of carbonyl (C=O) groups is 1. The zero-order valence-electron chi connectivity index (χ0n) is 18.4. The van der Waals surface area contributed by atoms with E-state index in [1.165, 1.54) is 25.7 Å². The summed E-state index contributed by atoms with van der Waals surface area (Å²) in [4.78, 5) is 13.6. The van der Waals surface area contributed by atoms with E-state index in [0.29, 0.717) is 17.8 Å². The summed E-state index contributed by atoms with van der Waals surface area (Å²) in [5.74, 6) is 3.47. The fourth-order valence-corrected chi connectivity index (χ4v) is 6.86. The van der Waals surface area contributed by atoms with Crippen LogP contribution in [0.4, 0.5) is 0 Å². The van der Waals surface area contributed by atoms with Gasteiger partial charge in [-0.3, -0.25) is 4.79 Å². The van der Waals surface area contributed by atoms with E-state index < -0.39 is 0 Å². The Balaban J connectivity index is 1.79. The van der Waals surface area contributed by atoms with Crippen molar-refractivity contribution < 1.29 is 9.53 Å². The summed E-state index contributed by atoms with van der Waals surface area (Å²) in [5.41, 5.74) is -0.429. The summed E-state index contributed by atoms with van der Waals surface area (Å²) in [6.07, 6.45) is 9.56. The second-order valence-electron chi connectivity index (χ2n) is 11.1. The Labute approximate surface area is 161 Å². The van der Waals surface area contributed by atoms with Crippen LogP contribution < -0.4 is 0 Å². The lowest BCUT2D eigenvalue weighted by Gasteiger charge is -2.41. The maximum Gasteiger partial charge on any atom is 0.313 e. The highest BCUT2D eigenvalue weighted by atomic mass is 16.6. The van der Waals surface area contributed by atoms with Crippen molar-refractivity contribution in [3.63, 3.8) is 0 Å². The normalized spacial score (nSPS) is 38.2. The van der Waals surface area contributed by atoms with E-state index in [2.05, 4.69) is 48.5 Å². The summed E-state index contributed by atoms with van der Waals surface area (Å²) < 4.78 is 6.51. The van der Waals surface area contributed by atoms with Crippen LogP contribution in [0.2, 0.25) is 0 Å². The quantitative estimate of drug-likeness (QED) is 0.453. The second kappa shape index (κ2) is 6.82. The van der Waals surface area contributed by atoms with Gasteiger partial charge in [-0.05, 0) is 74.5 Å². The molecule has 2 nitrogen and oxygen atoms in total. The van der Waals surface area contributed by atoms with Crippen molar-refractivity contribution in [2.75, 3.05) is 0 Å². The van der Waals surface area contributed by atoms with Crippen LogP contribution >= 0.6 is 0 Å². The van der Waals surface area contributed by atoms with E-state index in [4.69, 9.17) is 4.74 Å². The van der Waals surface area contributed by atoms with Gasteiger partial charge in [-0.1, -0.05) is 54.4 Å². The molecular weight excluding hydrogens is 320 g/mol. The van der Waals surface area contributed by atoms with Gasteiger partial charge in [-0.25, -0.2) is 0 Å². The molecule has 0 N–H and O–H groups in total. The molecule has 0 amide bonds. The molecule has 2 heteroatoms. The smallest absolute Gasteiger partial charge is 0.313 e. The van der Waals surface area contributed by atoms with Crippen molar-refractivity contribution in [2.24, 2.45) is 40.4 Å². The Morgan fingerprint density at radius 2 is 1.85 bits per heavy atom. The molecule has 6 atom stereocenters. The van der Waals surface area contributed by atoms with Crippen LogP contribution in [0.1, 0.15) is 99.8 Å². The molecule has 0 saturated heterocycles. The minimum atomic E-state index is -0.265. The topological polar surface area (TPSA) is 26.3 Å². The van der Waals surface area contributed by atoms with E-state index in [9.17, 15) is 4.79 Å². The maximum atomic E-state index is 13.6. The van der Waals surface area contributed by atoms with Crippen LogP contribution in [-0.4, -0.2) is 11.6 Å². The van der Waals surface area contributed by atoms with Gasteiger partial charge in [0.05, 0.1) is 5.41 Å². The molecule has 3 saturated carbocycles. The Hall–Kier alpha value is -0.530. The van der Waals surface area contributed by atoms with Crippen LogP contribution in [0.3, 0.4) is 0 Å². The Morgan fingerprint density at radius 1 is 1.19 bits per heavy atom. The van der Waals surface area contributed by atoms with Gasteiger partial charge in [-0.15, -0.1) is 0 Å². The third kappa shape index (κ3) is 3.14. The van der Waals surface area contributed by atoms with Crippen molar-refractivity contribution in [1.82, 2.24) is 0 Å². The molecule has 0 spiro atoms. The number of fused-ring (bicyclic) bond motifs is 2. The van der Waals surface area contributed by atoms with E-state index in [0.717, 1.165) is 37.5 Å². The fourth-order valence-electron chi connectivity index (χ4n) is 6.86. The molecule has 3 rings (SSSR count). The molecule has 3 aliphatic rings. The minimum absolute atomic E-state index is 0.0863. The molecule has 26 heavy (non-hydrogen) atoms. The van der Waals surface area contributed by atoms with Crippen molar-refractivity contribution in [3.8, 4) is 0 Å². The largest absolute Gasteiger partial charge is 0.459 e. The van der Waals surface area contributed by atoms with Crippen molar-refractivity contribution in [1.29, 1.82) is 0 Å². The standard InChI is InChI=1S/C24H42O2/c1-8-19(12-16(3)4)24(15-22(24,5)6)21(25)26-23(7,9-2)20-14-17-10-11-18(20)13-17/h16-20H,8-15H2,1-7H3. The predicted molar refractivity (Wildman–Crippen MR) is 108 cm³/mol. The first-order valence-electron chi connectivity index (χ1n) is 11.3. The molecule has 3 aliphatic carbocycles. The van der Waals surface area contributed by atoms with E-state index >= 15 is 0 Å². The van der Waals surface area contributed by atoms with Crippen LogP contribution in [0.25, 0.3) is 0 Å². The Kier molecular flexibility index (Phi) is 5.30. The first-order valence-corrected chi connectivity index (χ1v) is 11.3. The zero-order valence-corrected chi connectivity index (χ0v) is 18.4. The second-order valence-corrected chi connectivity index (χ2v) is 11.1. The van der Waals surface area contributed by atoms with E-state index in [1.54, 1.807) is 0 Å². The maximum absolute atomic E-state index is 13.6. The lowest BCUT2D eigenvalue weighted by molar-refractivity contribution is -0.178. The molecule has 0 aromatic heterocycles. The first-order chi connectivity index (χ1) is 12.1. The number of hydrogen-bond acceptors (Lipinski definition) is 2. The number of hydrogen-bond donors (Lipinski definition) is 0. The molecular formula is C24H42O2. The molecule has 0 aromatic rings. The van der Waals surface area contributed by atoms with Gasteiger partial charge < -0.3 is 4.74 Å². The van der Waals surface area contributed by atoms with Gasteiger partial charge in [0, 0.05) is 5.92 Å². The van der Waals surface area contributed by atoms with Crippen LogP contribution in [0.15, 0.2) is 0 Å². The summed E-state index contributed by atoms with van der Waals surface area (Å²) in [5, 5.41) is 0. The molecule has 0 heterocycles. The van der Waals surface area contributed by atoms with Crippen LogP contribution in [-0.2, 0) is 9.53 Å². The van der Waals surface area contributed by atoms with Crippen LogP contribution in [0.5, 0.6) is 0 Å². The van der Waals surface area contributed by atoms with Crippen molar-refractivity contribution in [3.05, 3.63) is 0 Å². The van der Waals surface area contributed by atoms with E-state index in [1.807, 2.05) is 0 Å². The monoisotopic (exact) mass is 362 g/mol. The van der Waals surface area contributed by atoms with E-state index in [-0.39, 0.29) is 22.4 Å². The van der Waals surface area contributed by atoms with Gasteiger partial charge in [0.1, 0.15) is 5.60 Å². The summed E-state index contributed by atoms with van der Waals surface area (Å²) in [7, 11) is 0. The van der Waals surface area contributed by atoms with Gasteiger partial charge >= 0.3 is 5.97 Å². The number of esters is 1. The van der Waals surface area contributed by atoms with Crippen LogP contribution in [0, 0.1) is 40.4 Å². The van der Waals surface area contributed by atoms with Gasteiger partial charge in [-0.2, -0.15) is 0 Å². The van der Waals surface area contributed by atoms with Crippen molar-refractivity contribution >= 4 is 5.97 Å². The van der Waals surface area contributed by atoms with Gasteiger partial charge in [0.15, 0.2) is 0 Å².